The molecule has 1 aliphatic heterocycles. The molecular weight excluding hydrogens is 359 g/mol. The third-order valence-electron chi connectivity index (χ3n) is 4.52. The molecule has 0 atom stereocenters. The Balaban J connectivity index is 1.39. The Labute approximate surface area is 156 Å². The van der Waals surface area contributed by atoms with E-state index in [0.717, 1.165) is 43.6 Å². The monoisotopic (exact) mass is 381 g/mol. The second-order valence-electron chi connectivity index (χ2n) is 6.64. The summed E-state index contributed by atoms with van der Waals surface area (Å²) in [6.45, 7) is 3.05. The fraction of sp³-hybridized carbons (Fsp3) is 0.400. The highest BCUT2D eigenvalue weighted by Gasteiger charge is 2.31. The Morgan fingerprint density at radius 1 is 0.926 bits per heavy atom. The lowest BCUT2D eigenvalue weighted by Gasteiger charge is -2.32. The molecule has 4 nitrogen and oxygen atoms in total. The minimum Gasteiger partial charge on any atom is -0.508 e. The van der Waals surface area contributed by atoms with E-state index >= 15 is 0 Å². The number of likely N-dealkylation sites (tertiary alicyclic amines) is 1. The van der Waals surface area contributed by atoms with Crippen LogP contribution in [0.5, 0.6) is 11.5 Å². The Hall–Kier alpha value is -2.25. The largest absolute Gasteiger partial charge is 0.573 e. The molecule has 27 heavy (non-hydrogen) atoms. The third kappa shape index (κ3) is 6.45. The molecule has 0 spiro atoms. The van der Waals surface area contributed by atoms with Crippen LogP contribution in [-0.2, 0) is 17.9 Å². The van der Waals surface area contributed by atoms with Crippen molar-refractivity contribution in [1.82, 2.24) is 4.90 Å². The molecule has 0 saturated carbocycles. The lowest BCUT2D eigenvalue weighted by Crippen LogP contribution is -2.36. The molecule has 1 saturated heterocycles. The summed E-state index contributed by atoms with van der Waals surface area (Å²) < 4.78 is 46.2. The number of nitrogens with zero attached hydrogens (tertiary/aromatic N) is 1. The summed E-state index contributed by atoms with van der Waals surface area (Å²) in [4.78, 5) is 2.34. The van der Waals surface area contributed by atoms with Gasteiger partial charge in [-0.3, -0.25) is 4.90 Å². The van der Waals surface area contributed by atoms with Crippen LogP contribution in [0, 0.1) is 0 Å². The van der Waals surface area contributed by atoms with Crippen LogP contribution in [0.15, 0.2) is 48.5 Å². The quantitative estimate of drug-likeness (QED) is 0.802. The molecule has 1 N–H and O–H groups in total. The molecule has 0 bridgehead atoms. The van der Waals surface area contributed by atoms with E-state index in [0.29, 0.717) is 6.61 Å². The maximum Gasteiger partial charge on any atom is 0.573 e. The maximum absolute atomic E-state index is 12.2. The van der Waals surface area contributed by atoms with Gasteiger partial charge in [0.1, 0.15) is 11.5 Å². The SMILES string of the molecule is Oc1ccc(CN2CCC(OCc3ccc(OC(F)(F)F)cc3)CC2)cc1. The topological polar surface area (TPSA) is 41.9 Å². The van der Waals surface area contributed by atoms with E-state index in [-0.39, 0.29) is 17.6 Å². The van der Waals surface area contributed by atoms with E-state index in [2.05, 4.69) is 9.64 Å². The van der Waals surface area contributed by atoms with Crippen molar-refractivity contribution in [2.45, 2.75) is 38.5 Å². The summed E-state index contributed by atoms with van der Waals surface area (Å²) in [6, 6.07) is 13.0. The third-order valence-corrected chi connectivity index (χ3v) is 4.52. The summed E-state index contributed by atoms with van der Waals surface area (Å²) in [5, 5.41) is 9.33. The minimum absolute atomic E-state index is 0.146. The fourth-order valence-corrected chi connectivity index (χ4v) is 3.10. The van der Waals surface area contributed by atoms with Gasteiger partial charge in [0.25, 0.3) is 0 Å². The number of hydrogen-bond donors (Lipinski definition) is 1. The fourth-order valence-electron chi connectivity index (χ4n) is 3.10. The van der Waals surface area contributed by atoms with Gasteiger partial charge in [0.05, 0.1) is 12.7 Å². The molecule has 2 aromatic carbocycles. The number of alkyl halides is 3. The zero-order chi connectivity index (χ0) is 19.3. The Morgan fingerprint density at radius 3 is 2.11 bits per heavy atom. The highest BCUT2D eigenvalue weighted by atomic mass is 19.4. The van der Waals surface area contributed by atoms with Crippen LogP contribution in [0.3, 0.4) is 0 Å². The van der Waals surface area contributed by atoms with Gasteiger partial charge in [-0.15, -0.1) is 13.2 Å². The lowest BCUT2D eigenvalue weighted by molar-refractivity contribution is -0.274. The number of rotatable bonds is 6. The van der Waals surface area contributed by atoms with Crippen LogP contribution in [0.25, 0.3) is 0 Å². The summed E-state index contributed by atoms with van der Waals surface area (Å²) in [6.07, 6.45) is -2.71. The summed E-state index contributed by atoms with van der Waals surface area (Å²) >= 11 is 0. The van der Waals surface area contributed by atoms with Gasteiger partial charge in [-0.2, -0.15) is 0 Å². The zero-order valence-electron chi connectivity index (χ0n) is 14.8. The van der Waals surface area contributed by atoms with Gasteiger partial charge in [-0.25, -0.2) is 0 Å². The highest BCUT2D eigenvalue weighted by Crippen LogP contribution is 2.24. The number of phenols is 1. The average Bonchev–Trinajstić information content (AvgIpc) is 2.63. The smallest absolute Gasteiger partial charge is 0.508 e. The van der Waals surface area contributed by atoms with Crippen molar-refractivity contribution in [3.63, 3.8) is 0 Å². The van der Waals surface area contributed by atoms with Gasteiger partial charge in [-0.1, -0.05) is 24.3 Å². The first-order valence-electron chi connectivity index (χ1n) is 8.84. The second-order valence-corrected chi connectivity index (χ2v) is 6.64. The van der Waals surface area contributed by atoms with Crippen molar-refractivity contribution in [3.8, 4) is 11.5 Å². The molecule has 2 aromatic rings. The van der Waals surface area contributed by atoms with Crippen molar-refractivity contribution in [3.05, 3.63) is 59.7 Å². The van der Waals surface area contributed by atoms with E-state index in [9.17, 15) is 18.3 Å². The number of halogens is 3. The Kier molecular flexibility index (Phi) is 6.23. The lowest BCUT2D eigenvalue weighted by atomic mass is 10.1. The normalized spacial score (nSPS) is 16.4. The molecule has 0 amide bonds. The van der Waals surface area contributed by atoms with Gasteiger partial charge in [0, 0.05) is 19.6 Å². The van der Waals surface area contributed by atoms with Crippen LogP contribution in [-0.4, -0.2) is 35.6 Å². The number of benzene rings is 2. The Bertz CT molecular complexity index is 709. The summed E-state index contributed by atoms with van der Waals surface area (Å²) in [5.74, 6) is 0.0395. The standard InChI is InChI=1S/C20H22F3NO3/c21-20(22,23)27-19-7-3-16(4-8-19)14-26-18-9-11-24(12-10-18)13-15-1-5-17(25)6-2-15/h1-8,18,25H,9-14H2. The molecule has 7 heteroatoms. The first-order chi connectivity index (χ1) is 12.9. The van der Waals surface area contributed by atoms with Crippen LogP contribution in [0.4, 0.5) is 13.2 Å². The first-order valence-corrected chi connectivity index (χ1v) is 8.84. The predicted molar refractivity (Wildman–Crippen MR) is 94.3 cm³/mol. The molecule has 0 unspecified atom stereocenters. The van der Waals surface area contributed by atoms with Crippen molar-refractivity contribution in [1.29, 1.82) is 0 Å². The van der Waals surface area contributed by atoms with Crippen LogP contribution < -0.4 is 4.74 Å². The van der Waals surface area contributed by atoms with Crippen LogP contribution in [0.1, 0.15) is 24.0 Å². The zero-order valence-corrected chi connectivity index (χ0v) is 14.8. The van der Waals surface area contributed by atoms with Gasteiger partial charge >= 0.3 is 6.36 Å². The summed E-state index contributed by atoms with van der Waals surface area (Å²) in [7, 11) is 0. The molecule has 1 fully saturated rings. The number of phenolic OH excluding ortho intramolecular Hbond substituents is 1. The molecule has 1 heterocycles. The molecular formula is C20H22F3NO3. The summed E-state index contributed by atoms with van der Waals surface area (Å²) in [5.41, 5.74) is 1.98. The van der Waals surface area contributed by atoms with Crippen molar-refractivity contribution in [2.24, 2.45) is 0 Å². The first kappa shape index (κ1) is 19.5. The maximum atomic E-state index is 12.2. The van der Waals surface area contributed by atoms with E-state index < -0.39 is 6.36 Å². The molecule has 0 aromatic heterocycles. The number of aromatic hydroxyl groups is 1. The van der Waals surface area contributed by atoms with Gasteiger partial charge < -0.3 is 14.6 Å². The number of hydrogen-bond acceptors (Lipinski definition) is 4. The van der Waals surface area contributed by atoms with E-state index in [1.165, 1.54) is 12.1 Å². The highest BCUT2D eigenvalue weighted by molar-refractivity contribution is 5.27. The van der Waals surface area contributed by atoms with Gasteiger partial charge in [0.15, 0.2) is 0 Å². The van der Waals surface area contributed by atoms with Crippen molar-refractivity contribution < 1.29 is 27.8 Å². The van der Waals surface area contributed by atoms with Crippen molar-refractivity contribution >= 4 is 0 Å². The van der Waals surface area contributed by atoms with E-state index in [1.54, 1.807) is 24.3 Å². The van der Waals surface area contributed by atoms with Crippen molar-refractivity contribution in [2.75, 3.05) is 13.1 Å². The van der Waals surface area contributed by atoms with Crippen LogP contribution in [0.2, 0.25) is 0 Å². The molecule has 0 aliphatic carbocycles. The average molecular weight is 381 g/mol. The number of piperidine rings is 1. The molecule has 3 rings (SSSR count). The number of ether oxygens (including phenoxy) is 2. The second kappa shape index (κ2) is 8.63. The van der Waals surface area contributed by atoms with E-state index in [1.807, 2.05) is 12.1 Å². The van der Waals surface area contributed by atoms with E-state index in [4.69, 9.17) is 4.74 Å². The minimum atomic E-state index is -4.67. The van der Waals surface area contributed by atoms with Gasteiger partial charge in [0.2, 0.25) is 0 Å². The van der Waals surface area contributed by atoms with Crippen LogP contribution >= 0.6 is 0 Å². The van der Waals surface area contributed by atoms with Gasteiger partial charge in [-0.05, 0) is 48.2 Å². The Morgan fingerprint density at radius 2 is 1.52 bits per heavy atom. The molecule has 1 aliphatic rings. The molecule has 146 valence electrons. The predicted octanol–water partition coefficient (Wildman–Crippen LogP) is 4.47. The molecule has 0 radical (unpaired) electrons.